The van der Waals surface area contributed by atoms with Crippen molar-refractivity contribution in [3.05, 3.63) is 28.5 Å². The van der Waals surface area contributed by atoms with Gasteiger partial charge in [-0.3, -0.25) is 14.6 Å². The van der Waals surface area contributed by atoms with Crippen molar-refractivity contribution in [3.63, 3.8) is 0 Å². The lowest BCUT2D eigenvalue weighted by molar-refractivity contribution is -0.123. The van der Waals surface area contributed by atoms with Crippen LogP contribution in [0.25, 0.3) is 0 Å². The van der Waals surface area contributed by atoms with Crippen molar-refractivity contribution in [2.75, 3.05) is 26.2 Å². The van der Waals surface area contributed by atoms with Crippen LogP contribution in [0.1, 0.15) is 36.0 Å². The molecule has 2 saturated heterocycles. The quantitative estimate of drug-likeness (QED) is 0.812. The minimum Gasteiger partial charge on any atom is -0.354 e. The summed E-state index contributed by atoms with van der Waals surface area (Å²) < 4.78 is 0.804. The number of carbonyl (C=O) groups is 2. The highest BCUT2D eigenvalue weighted by molar-refractivity contribution is 9.10. The number of nitrogens with one attached hydrogen (secondary N) is 2. The van der Waals surface area contributed by atoms with E-state index in [1.807, 2.05) is 4.90 Å². The fraction of sp³-hybridized carbons (Fsp3) is 0.588. The summed E-state index contributed by atoms with van der Waals surface area (Å²) >= 11 is 3.35. The largest absolute Gasteiger partial charge is 0.354 e. The molecule has 130 valence electrons. The monoisotopic (exact) mass is 394 g/mol. The van der Waals surface area contributed by atoms with Gasteiger partial charge >= 0.3 is 0 Å². The van der Waals surface area contributed by atoms with E-state index in [2.05, 4.69) is 31.5 Å². The molecule has 2 unspecified atom stereocenters. The first-order valence-corrected chi connectivity index (χ1v) is 9.33. The lowest BCUT2D eigenvalue weighted by Crippen LogP contribution is -2.46. The number of likely N-dealkylation sites (tertiary alicyclic amines) is 1. The summed E-state index contributed by atoms with van der Waals surface area (Å²) in [6, 6.07) is 1.76. The normalized spacial score (nSPS) is 24.0. The average Bonchev–Trinajstić information content (AvgIpc) is 3.14. The first kappa shape index (κ1) is 17.4. The number of rotatable bonds is 4. The van der Waals surface area contributed by atoms with Crippen LogP contribution in [0.2, 0.25) is 0 Å². The smallest absolute Gasteiger partial charge is 0.255 e. The van der Waals surface area contributed by atoms with E-state index < -0.39 is 0 Å². The van der Waals surface area contributed by atoms with E-state index in [1.54, 1.807) is 18.5 Å². The van der Waals surface area contributed by atoms with Gasteiger partial charge in [0.1, 0.15) is 0 Å². The minimum atomic E-state index is -0.0425. The Kier molecular flexibility index (Phi) is 5.84. The maximum atomic E-state index is 12.6. The number of nitrogens with zero attached hydrogens (tertiary/aromatic N) is 2. The third kappa shape index (κ3) is 4.33. The van der Waals surface area contributed by atoms with Crippen LogP contribution in [0.4, 0.5) is 0 Å². The van der Waals surface area contributed by atoms with Gasteiger partial charge in [0.2, 0.25) is 5.91 Å². The molecule has 3 rings (SSSR count). The molecule has 2 amide bonds. The Morgan fingerprint density at radius 2 is 2.21 bits per heavy atom. The van der Waals surface area contributed by atoms with E-state index in [0.29, 0.717) is 24.6 Å². The van der Waals surface area contributed by atoms with Gasteiger partial charge in [0.25, 0.3) is 5.91 Å². The Hall–Kier alpha value is -1.47. The second-order valence-electron chi connectivity index (χ2n) is 6.55. The summed E-state index contributed by atoms with van der Waals surface area (Å²) in [5.74, 6) is 0.414. The molecule has 7 heteroatoms. The van der Waals surface area contributed by atoms with Gasteiger partial charge in [-0.25, -0.2) is 0 Å². The molecule has 6 nitrogen and oxygen atoms in total. The molecular weight excluding hydrogens is 372 g/mol. The molecular formula is C17H23BrN4O2. The van der Waals surface area contributed by atoms with Crippen molar-refractivity contribution in [2.45, 2.75) is 31.7 Å². The molecule has 2 N–H and O–H groups in total. The Morgan fingerprint density at radius 3 is 2.96 bits per heavy atom. The predicted octanol–water partition coefficient (Wildman–Crippen LogP) is 1.56. The SMILES string of the molecule is O=C(NCC1CCCN(C(=O)c2cncc(Br)c2)C1)C1CCCN1. The Labute approximate surface area is 150 Å². The summed E-state index contributed by atoms with van der Waals surface area (Å²) in [6.45, 7) is 3.01. The van der Waals surface area contributed by atoms with E-state index >= 15 is 0 Å². The Balaban J connectivity index is 1.52. The molecule has 0 aliphatic carbocycles. The van der Waals surface area contributed by atoms with Crippen molar-refractivity contribution in [3.8, 4) is 0 Å². The van der Waals surface area contributed by atoms with Crippen LogP contribution >= 0.6 is 15.9 Å². The molecule has 0 bridgehead atoms. The molecule has 2 aliphatic rings. The van der Waals surface area contributed by atoms with E-state index in [9.17, 15) is 9.59 Å². The molecule has 24 heavy (non-hydrogen) atoms. The summed E-state index contributed by atoms with van der Waals surface area (Å²) in [4.78, 5) is 30.6. The minimum absolute atomic E-state index is 0.0114. The van der Waals surface area contributed by atoms with Gasteiger partial charge < -0.3 is 15.5 Å². The number of carbonyl (C=O) groups excluding carboxylic acids is 2. The van der Waals surface area contributed by atoms with Crippen LogP contribution in [0.15, 0.2) is 22.9 Å². The zero-order valence-electron chi connectivity index (χ0n) is 13.6. The van der Waals surface area contributed by atoms with Gasteiger partial charge in [-0.05, 0) is 60.1 Å². The highest BCUT2D eigenvalue weighted by Gasteiger charge is 2.27. The molecule has 1 aromatic heterocycles. The topological polar surface area (TPSA) is 74.3 Å². The maximum Gasteiger partial charge on any atom is 0.255 e. The van der Waals surface area contributed by atoms with Gasteiger partial charge in [0, 0.05) is 36.5 Å². The lowest BCUT2D eigenvalue weighted by Gasteiger charge is -2.33. The maximum absolute atomic E-state index is 12.6. The van der Waals surface area contributed by atoms with Crippen molar-refractivity contribution < 1.29 is 9.59 Å². The number of piperidine rings is 1. The summed E-state index contributed by atoms with van der Waals surface area (Å²) in [7, 11) is 0. The number of amides is 2. The van der Waals surface area contributed by atoms with Crippen LogP contribution < -0.4 is 10.6 Å². The molecule has 2 atom stereocenters. The number of pyridine rings is 1. The molecule has 2 fully saturated rings. The lowest BCUT2D eigenvalue weighted by atomic mass is 9.97. The molecule has 0 aromatic carbocycles. The first-order valence-electron chi connectivity index (χ1n) is 8.54. The highest BCUT2D eigenvalue weighted by Crippen LogP contribution is 2.19. The van der Waals surface area contributed by atoms with Crippen LogP contribution in [0.3, 0.4) is 0 Å². The number of aromatic nitrogens is 1. The van der Waals surface area contributed by atoms with E-state index in [1.165, 1.54) is 0 Å². The van der Waals surface area contributed by atoms with Crippen molar-refractivity contribution >= 4 is 27.7 Å². The van der Waals surface area contributed by atoms with Crippen LogP contribution in [-0.4, -0.2) is 53.9 Å². The third-order valence-corrected chi connectivity index (χ3v) is 5.13. The zero-order valence-corrected chi connectivity index (χ0v) is 15.2. The third-order valence-electron chi connectivity index (χ3n) is 4.70. The molecule has 1 aromatic rings. The van der Waals surface area contributed by atoms with E-state index in [4.69, 9.17) is 0 Å². The standard InChI is InChI=1S/C17H23BrN4O2/c18-14-7-13(9-19-10-14)17(24)22-6-2-3-12(11-22)8-21-16(23)15-4-1-5-20-15/h7,9-10,12,15,20H,1-6,8,11H2,(H,21,23). The van der Waals surface area contributed by atoms with Gasteiger partial charge in [0.15, 0.2) is 0 Å². The fourth-order valence-corrected chi connectivity index (χ4v) is 3.77. The molecule has 2 aliphatic heterocycles. The highest BCUT2D eigenvalue weighted by atomic mass is 79.9. The molecule has 3 heterocycles. The first-order chi connectivity index (χ1) is 11.6. The van der Waals surface area contributed by atoms with Crippen LogP contribution in [-0.2, 0) is 4.79 Å². The second-order valence-corrected chi connectivity index (χ2v) is 7.46. The predicted molar refractivity (Wildman–Crippen MR) is 94.6 cm³/mol. The van der Waals surface area contributed by atoms with E-state index in [0.717, 1.165) is 43.2 Å². The average molecular weight is 395 g/mol. The number of halogens is 1. The molecule has 0 radical (unpaired) electrons. The van der Waals surface area contributed by atoms with E-state index in [-0.39, 0.29) is 17.9 Å². The summed E-state index contributed by atoms with van der Waals surface area (Å²) in [5.41, 5.74) is 0.601. The number of hydrogen-bond donors (Lipinski definition) is 2. The Morgan fingerprint density at radius 1 is 1.33 bits per heavy atom. The molecule has 0 saturated carbocycles. The zero-order chi connectivity index (χ0) is 16.9. The van der Waals surface area contributed by atoms with Crippen molar-refractivity contribution in [2.24, 2.45) is 5.92 Å². The van der Waals surface area contributed by atoms with Gasteiger partial charge in [-0.1, -0.05) is 0 Å². The summed E-state index contributed by atoms with van der Waals surface area (Å²) in [5, 5.41) is 6.25. The van der Waals surface area contributed by atoms with Crippen LogP contribution in [0, 0.1) is 5.92 Å². The summed E-state index contributed by atoms with van der Waals surface area (Å²) in [6.07, 6.45) is 7.25. The van der Waals surface area contributed by atoms with Crippen molar-refractivity contribution in [1.29, 1.82) is 0 Å². The number of hydrogen-bond acceptors (Lipinski definition) is 4. The van der Waals surface area contributed by atoms with Gasteiger partial charge in [-0.2, -0.15) is 0 Å². The Bertz CT molecular complexity index is 604. The van der Waals surface area contributed by atoms with Gasteiger partial charge in [-0.15, -0.1) is 0 Å². The van der Waals surface area contributed by atoms with Crippen molar-refractivity contribution in [1.82, 2.24) is 20.5 Å². The molecule has 0 spiro atoms. The van der Waals surface area contributed by atoms with Gasteiger partial charge in [0.05, 0.1) is 11.6 Å². The van der Waals surface area contributed by atoms with Crippen LogP contribution in [0.5, 0.6) is 0 Å². The fourth-order valence-electron chi connectivity index (χ4n) is 3.40. The second kappa shape index (κ2) is 8.07.